The molecule has 0 heterocycles. The Bertz CT molecular complexity index is 9.61. The third-order valence-electron chi connectivity index (χ3n) is 0.118. The summed E-state index contributed by atoms with van der Waals surface area (Å²) in [4.78, 5) is 0. The van der Waals surface area contributed by atoms with Gasteiger partial charge in [-0.25, -0.2) is 0 Å². The zero-order chi connectivity index (χ0) is 3.41. The Hall–Kier alpha value is 1.22. The van der Waals surface area contributed by atoms with Crippen LogP contribution in [0.25, 0.3) is 0 Å². The minimum Gasteiger partial charge on any atom is -0.287 e. The van der Waals surface area contributed by atoms with Crippen LogP contribution in [0.4, 0.5) is 0 Å². The van der Waals surface area contributed by atoms with Crippen LogP contribution in [-0.4, -0.2) is 6.26 Å². The van der Waals surface area contributed by atoms with Gasteiger partial charge in [0, 0.05) is 17.1 Å². The molecule has 0 saturated carbocycles. The molecule has 0 fully saturated rings. The molecule has 0 aliphatic heterocycles. The molecule has 0 atom stereocenters. The van der Waals surface area contributed by atoms with Gasteiger partial charge in [0.15, 0.2) is 0 Å². The Morgan fingerprint density at radius 1 is 1.60 bits per heavy atom. The molecular formula is C2H5FeS2-. The molecule has 0 amide bonds. The first-order chi connectivity index (χ1) is 1.91. The third-order valence-corrected chi connectivity index (χ3v) is 1.06. The normalized spacial score (nSPS) is 6.00. The summed E-state index contributed by atoms with van der Waals surface area (Å²) in [6.45, 7) is 0. The molecule has 3 heteroatoms. The van der Waals surface area contributed by atoms with Crippen molar-refractivity contribution < 1.29 is 17.1 Å². The summed E-state index contributed by atoms with van der Waals surface area (Å²) in [5.41, 5.74) is 0. The predicted octanol–water partition coefficient (Wildman–Crippen LogP) is 1.79. The molecule has 0 aromatic carbocycles. The summed E-state index contributed by atoms with van der Waals surface area (Å²) in [5, 5.41) is 0. The molecule has 0 saturated heterocycles. The van der Waals surface area contributed by atoms with Gasteiger partial charge in [-0.1, -0.05) is 0 Å². The third kappa shape index (κ3) is 11.0. The minimum atomic E-state index is 0. The second kappa shape index (κ2) is 8.97. The number of hydrogen-bond acceptors (Lipinski definition) is 2. The monoisotopic (exact) mass is 149 g/mol. The fourth-order valence-electron chi connectivity index (χ4n) is 0. The molecule has 34 valence electrons. The molecule has 0 aromatic heterocycles. The van der Waals surface area contributed by atoms with Crippen LogP contribution >= 0.6 is 21.6 Å². The fraction of sp³-hybridized carbons (Fsp3) is 0.500. The van der Waals surface area contributed by atoms with Crippen molar-refractivity contribution in [2.75, 3.05) is 6.26 Å². The summed E-state index contributed by atoms with van der Waals surface area (Å²) in [5.74, 6) is 0. The summed E-state index contributed by atoms with van der Waals surface area (Å²) in [6.07, 6.45) is 5.48. The smallest absolute Gasteiger partial charge is 0 e. The van der Waals surface area contributed by atoms with E-state index in [-0.39, 0.29) is 17.1 Å². The summed E-state index contributed by atoms with van der Waals surface area (Å²) in [7, 11) is 3.19. The van der Waals surface area contributed by atoms with Crippen LogP contribution in [0.2, 0.25) is 0 Å². The van der Waals surface area contributed by atoms with Crippen molar-refractivity contribution in [3.63, 3.8) is 0 Å². The molecule has 0 spiro atoms. The van der Waals surface area contributed by atoms with E-state index < -0.39 is 0 Å². The van der Waals surface area contributed by atoms with Crippen LogP contribution in [0.15, 0.2) is 0 Å². The van der Waals surface area contributed by atoms with Crippen LogP contribution in [0.5, 0.6) is 0 Å². The van der Waals surface area contributed by atoms with E-state index >= 15 is 0 Å². The SMILES string of the molecule is [CH2-]SSC.[Fe]. The predicted molar refractivity (Wildman–Crippen MR) is 26.5 cm³/mol. The van der Waals surface area contributed by atoms with E-state index in [9.17, 15) is 0 Å². The van der Waals surface area contributed by atoms with E-state index in [2.05, 4.69) is 6.26 Å². The second-order valence-corrected chi connectivity index (χ2v) is 2.56. The van der Waals surface area contributed by atoms with Gasteiger partial charge in [-0.05, 0) is 6.26 Å². The zero-order valence-electron chi connectivity index (χ0n) is 2.88. The van der Waals surface area contributed by atoms with Crippen molar-refractivity contribution in [2.45, 2.75) is 0 Å². The van der Waals surface area contributed by atoms with E-state index in [0.29, 0.717) is 0 Å². The minimum absolute atomic E-state index is 0. The first-order valence-electron chi connectivity index (χ1n) is 0.864. The van der Waals surface area contributed by atoms with Crippen molar-refractivity contribution in [3.05, 3.63) is 6.26 Å². The zero-order valence-corrected chi connectivity index (χ0v) is 5.61. The van der Waals surface area contributed by atoms with Gasteiger partial charge in [0.2, 0.25) is 0 Å². The van der Waals surface area contributed by atoms with E-state index in [0.717, 1.165) is 0 Å². The fourth-order valence-corrected chi connectivity index (χ4v) is 0. The second-order valence-electron chi connectivity index (χ2n) is 0.285. The van der Waals surface area contributed by atoms with E-state index in [1.165, 1.54) is 10.8 Å². The summed E-state index contributed by atoms with van der Waals surface area (Å²) < 4.78 is 0. The van der Waals surface area contributed by atoms with Crippen LogP contribution < -0.4 is 0 Å². The molecule has 0 aliphatic rings. The molecule has 0 bridgehead atoms. The first kappa shape index (κ1) is 9.52. The van der Waals surface area contributed by atoms with Gasteiger partial charge < -0.3 is 0 Å². The molecule has 0 rings (SSSR count). The molecule has 0 N–H and O–H groups in total. The van der Waals surface area contributed by atoms with Crippen molar-refractivity contribution >= 4 is 21.6 Å². The van der Waals surface area contributed by atoms with Crippen molar-refractivity contribution in [1.29, 1.82) is 0 Å². The molecule has 0 radical (unpaired) electrons. The number of hydrogen-bond donors (Lipinski definition) is 0. The molecule has 0 nitrogen and oxygen atoms in total. The van der Waals surface area contributed by atoms with Gasteiger partial charge in [0.05, 0.1) is 0 Å². The Morgan fingerprint density at radius 3 is 1.80 bits per heavy atom. The first-order valence-corrected chi connectivity index (χ1v) is 3.59. The maximum atomic E-state index is 3.48. The van der Waals surface area contributed by atoms with Gasteiger partial charge in [-0.15, -0.1) is 10.8 Å². The summed E-state index contributed by atoms with van der Waals surface area (Å²) in [6, 6.07) is 0. The summed E-state index contributed by atoms with van der Waals surface area (Å²) >= 11 is 0. The molecule has 0 aromatic rings. The van der Waals surface area contributed by atoms with Gasteiger partial charge in [0.1, 0.15) is 0 Å². The van der Waals surface area contributed by atoms with Crippen LogP contribution in [0.1, 0.15) is 0 Å². The Labute approximate surface area is 51.3 Å². The molecule has 5 heavy (non-hydrogen) atoms. The Morgan fingerprint density at radius 2 is 1.80 bits per heavy atom. The molecular weight excluding hydrogens is 144 g/mol. The Kier molecular flexibility index (Phi) is 17.1. The van der Waals surface area contributed by atoms with Crippen LogP contribution in [0.3, 0.4) is 0 Å². The van der Waals surface area contributed by atoms with Gasteiger partial charge in [0.25, 0.3) is 0 Å². The molecule has 0 unspecified atom stereocenters. The van der Waals surface area contributed by atoms with E-state index in [1.54, 1.807) is 10.8 Å². The van der Waals surface area contributed by atoms with E-state index in [4.69, 9.17) is 0 Å². The maximum Gasteiger partial charge on any atom is 0 e. The van der Waals surface area contributed by atoms with Crippen molar-refractivity contribution in [3.8, 4) is 0 Å². The quantitative estimate of drug-likeness (QED) is 0.316. The largest absolute Gasteiger partial charge is 0.287 e. The van der Waals surface area contributed by atoms with Gasteiger partial charge in [-0.3, -0.25) is 17.0 Å². The van der Waals surface area contributed by atoms with E-state index in [1.807, 2.05) is 6.26 Å². The van der Waals surface area contributed by atoms with Crippen LogP contribution in [0, 0.1) is 6.26 Å². The Balaban J connectivity index is 0. The topological polar surface area (TPSA) is 0 Å². The van der Waals surface area contributed by atoms with Gasteiger partial charge >= 0.3 is 0 Å². The van der Waals surface area contributed by atoms with Crippen molar-refractivity contribution in [2.24, 2.45) is 0 Å². The molecule has 0 aliphatic carbocycles. The number of rotatable bonds is 1. The van der Waals surface area contributed by atoms with Gasteiger partial charge in [-0.2, -0.15) is 0 Å². The average molecular weight is 149 g/mol. The van der Waals surface area contributed by atoms with Crippen LogP contribution in [-0.2, 0) is 17.1 Å². The standard InChI is InChI=1S/C2H5S2.Fe/c1-3-4-2;/h1H2,2H3;/q-1;. The maximum absolute atomic E-state index is 3.48. The average Bonchev–Trinajstić information content (AvgIpc) is 1.37. The van der Waals surface area contributed by atoms with Crippen molar-refractivity contribution in [1.82, 2.24) is 0 Å².